The van der Waals surface area contributed by atoms with Crippen LogP contribution in [0.25, 0.3) is 0 Å². The van der Waals surface area contributed by atoms with Gasteiger partial charge in [0, 0.05) is 19.3 Å². The largest absolute Gasteiger partial charge is 0.508 e. The molecule has 21 heteroatoms. The number of hydrogen-bond acceptors (Lipinski definition) is 12. The summed E-state index contributed by atoms with van der Waals surface area (Å²) in [5.41, 5.74) is 12.5. The Hall–Kier alpha value is -6.61. The number of carbonyl (C=O) groups excluding carboxylic acids is 7. The fraction of sp³-hybridized carbons (Fsp3) is 0.462. The van der Waals surface area contributed by atoms with Gasteiger partial charge in [-0.15, -0.1) is 0 Å². The Morgan fingerprint density at radius 1 is 0.583 bits per heavy atom. The highest BCUT2D eigenvalue weighted by Crippen LogP contribution is 2.12. The molecular formula is C39H54N8O13. The zero-order valence-corrected chi connectivity index (χ0v) is 33.4. The molecule has 0 aromatic heterocycles. The summed E-state index contributed by atoms with van der Waals surface area (Å²) in [7, 11) is 0. The molecular weight excluding hydrogens is 788 g/mol. The van der Waals surface area contributed by atoms with E-state index in [2.05, 4.69) is 31.9 Å². The first kappa shape index (κ1) is 49.5. The van der Waals surface area contributed by atoms with E-state index in [9.17, 15) is 63.6 Å². The Morgan fingerprint density at radius 2 is 1.10 bits per heavy atom. The summed E-state index contributed by atoms with van der Waals surface area (Å²) < 4.78 is 0. The number of aliphatic hydroxyl groups excluding tert-OH is 1. The van der Waals surface area contributed by atoms with Crippen molar-refractivity contribution in [3.63, 3.8) is 0 Å². The molecule has 60 heavy (non-hydrogen) atoms. The molecule has 0 heterocycles. The maximum absolute atomic E-state index is 13.6. The minimum atomic E-state index is -1.66. The topological polar surface area (TPSA) is 359 Å². The number of primary amides is 1. The Bertz CT molecular complexity index is 1830. The minimum Gasteiger partial charge on any atom is -0.508 e. The zero-order valence-electron chi connectivity index (χ0n) is 33.4. The number of phenols is 1. The maximum Gasteiger partial charge on any atom is 0.326 e. The molecule has 0 aliphatic carbocycles. The molecule has 14 N–H and O–H groups in total. The number of amides is 7. The van der Waals surface area contributed by atoms with Crippen LogP contribution in [0.4, 0.5) is 0 Å². The van der Waals surface area contributed by atoms with Crippen LogP contribution in [0, 0.1) is 5.92 Å². The van der Waals surface area contributed by atoms with E-state index in [1.807, 2.05) is 0 Å². The zero-order chi connectivity index (χ0) is 45.1. The number of carbonyl (C=O) groups is 9. The van der Waals surface area contributed by atoms with Crippen LogP contribution in [0.2, 0.25) is 0 Å². The van der Waals surface area contributed by atoms with Crippen molar-refractivity contribution < 1.29 is 63.6 Å². The van der Waals surface area contributed by atoms with Gasteiger partial charge >= 0.3 is 11.9 Å². The van der Waals surface area contributed by atoms with E-state index >= 15 is 0 Å². The molecule has 0 aliphatic rings. The van der Waals surface area contributed by atoms with Crippen molar-refractivity contribution in [3.8, 4) is 5.75 Å². The molecule has 0 aliphatic heterocycles. The van der Waals surface area contributed by atoms with Crippen LogP contribution in [0.3, 0.4) is 0 Å². The number of aliphatic hydroxyl groups is 1. The van der Waals surface area contributed by atoms with Gasteiger partial charge in [-0.25, -0.2) is 4.79 Å². The normalized spacial score (nSPS) is 14.4. The Balaban J connectivity index is 2.20. The molecule has 0 unspecified atom stereocenters. The average Bonchev–Trinajstić information content (AvgIpc) is 3.19. The maximum atomic E-state index is 13.6. The second kappa shape index (κ2) is 24.3. The molecule has 0 saturated heterocycles. The molecule has 0 fully saturated rings. The van der Waals surface area contributed by atoms with Crippen molar-refractivity contribution in [2.24, 2.45) is 17.4 Å². The minimum absolute atomic E-state index is 0.0199. The molecule has 328 valence electrons. The van der Waals surface area contributed by atoms with E-state index in [4.69, 9.17) is 11.5 Å². The Morgan fingerprint density at radius 3 is 1.65 bits per heavy atom. The Kier molecular flexibility index (Phi) is 20.1. The lowest BCUT2D eigenvalue weighted by molar-refractivity contribution is -0.142. The lowest BCUT2D eigenvalue weighted by Crippen LogP contribution is -2.61. The van der Waals surface area contributed by atoms with Crippen LogP contribution in [-0.4, -0.2) is 123 Å². The van der Waals surface area contributed by atoms with E-state index in [0.717, 1.165) is 0 Å². The first-order valence-corrected chi connectivity index (χ1v) is 19.0. The molecule has 2 aromatic rings. The number of nitrogens with one attached hydrogen (secondary N) is 6. The van der Waals surface area contributed by atoms with Gasteiger partial charge in [-0.1, -0.05) is 56.3 Å². The van der Waals surface area contributed by atoms with E-state index in [-0.39, 0.29) is 31.4 Å². The van der Waals surface area contributed by atoms with Gasteiger partial charge in [0.25, 0.3) is 0 Å². The second-order valence-corrected chi connectivity index (χ2v) is 14.3. The van der Waals surface area contributed by atoms with Crippen molar-refractivity contribution in [1.29, 1.82) is 0 Å². The molecule has 21 nitrogen and oxygen atoms in total. The fourth-order valence-corrected chi connectivity index (χ4v) is 5.59. The standard InChI is InChI=1S/C39H54N8O13/c1-20(2)32(38(58)43-26(14-16-31(51)52)35(55)42-21(3)33(53)44-27(39(59)60)13-15-30(41)50)47-37(57)29(19-48)46-36(56)28(18-22-7-5-4-6-8-22)45-34(54)25(40)17-23-9-11-24(49)12-10-23/h4-12,20-21,25-29,32,48-49H,13-19,40H2,1-3H3,(H2,41,50)(H,42,55)(H,43,58)(H,44,53)(H,45,54)(H,46,56)(H,47,57)(H,51,52)(H,59,60)/t21-,25-,26-,27-,28-,29-,32-/m0/s1. The third-order valence-corrected chi connectivity index (χ3v) is 9.03. The van der Waals surface area contributed by atoms with Crippen molar-refractivity contribution >= 4 is 53.3 Å². The molecule has 2 aromatic carbocycles. The highest BCUT2D eigenvalue weighted by atomic mass is 16.4. The van der Waals surface area contributed by atoms with Crippen LogP contribution in [-0.2, 0) is 56.0 Å². The summed E-state index contributed by atoms with van der Waals surface area (Å²) in [6, 6.07) is 4.59. The number of aromatic hydroxyl groups is 1. The first-order chi connectivity index (χ1) is 28.2. The van der Waals surface area contributed by atoms with Crippen LogP contribution in [0.1, 0.15) is 57.6 Å². The van der Waals surface area contributed by atoms with E-state index < -0.39 is 121 Å². The highest BCUT2D eigenvalue weighted by Gasteiger charge is 2.34. The van der Waals surface area contributed by atoms with Gasteiger partial charge in [-0.2, -0.15) is 0 Å². The molecule has 7 amide bonds. The fourth-order valence-electron chi connectivity index (χ4n) is 5.59. The summed E-state index contributed by atoms with van der Waals surface area (Å²) in [4.78, 5) is 114. The molecule has 0 bridgehead atoms. The van der Waals surface area contributed by atoms with E-state index in [1.165, 1.54) is 32.9 Å². The van der Waals surface area contributed by atoms with E-state index in [0.29, 0.717) is 11.1 Å². The van der Waals surface area contributed by atoms with Crippen molar-refractivity contribution in [1.82, 2.24) is 31.9 Å². The van der Waals surface area contributed by atoms with Crippen molar-refractivity contribution in [2.75, 3.05) is 6.61 Å². The van der Waals surface area contributed by atoms with Crippen LogP contribution < -0.4 is 43.4 Å². The predicted octanol–water partition coefficient (Wildman–Crippen LogP) is -2.70. The quantitative estimate of drug-likeness (QED) is 0.0484. The summed E-state index contributed by atoms with van der Waals surface area (Å²) >= 11 is 0. The van der Waals surface area contributed by atoms with Gasteiger partial charge in [0.2, 0.25) is 41.4 Å². The number of nitrogens with two attached hydrogens (primary N) is 2. The van der Waals surface area contributed by atoms with Crippen LogP contribution >= 0.6 is 0 Å². The number of phenolic OH excluding ortho intramolecular Hbond substituents is 1. The first-order valence-electron chi connectivity index (χ1n) is 19.0. The van der Waals surface area contributed by atoms with Crippen molar-refractivity contribution in [3.05, 3.63) is 65.7 Å². The summed E-state index contributed by atoms with van der Waals surface area (Å²) in [5, 5.41) is 52.6. The molecule has 0 radical (unpaired) electrons. The summed E-state index contributed by atoms with van der Waals surface area (Å²) in [6.45, 7) is 3.30. The smallest absolute Gasteiger partial charge is 0.326 e. The van der Waals surface area contributed by atoms with Gasteiger partial charge < -0.3 is 63.8 Å². The lowest BCUT2D eigenvalue weighted by atomic mass is 10.0. The number of rotatable bonds is 25. The number of aliphatic carboxylic acids is 2. The summed E-state index contributed by atoms with van der Waals surface area (Å²) in [6.07, 6.45) is -1.76. The van der Waals surface area contributed by atoms with Gasteiger partial charge in [-0.3, -0.25) is 38.4 Å². The average molecular weight is 843 g/mol. The number of benzene rings is 2. The number of hydrogen-bond donors (Lipinski definition) is 12. The lowest BCUT2D eigenvalue weighted by Gasteiger charge is -2.28. The molecule has 0 spiro atoms. The SMILES string of the molecule is CC(C)[C@H](NC(=O)[C@H](CO)NC(=O)[C@H](Cc1ccccc1)NC(=O)[C@@H](N)Cc1ccc(O)cc1)C(=O)N[C@@H](CCC(=O)O)C(=O)N[C@@H](C)C(=O)N[C@@H](CCC(N)=O)C(=O)O. The van der Waals surface area contributed by atoms with Gasteiger partial charge in [0.05, 0.1) is 12.6 Å². The van der Waals surface area contributed by atoms with Crippen LogP contribution in [0.5, 0.6) is 5.75 Å². The number of carboxylic acid groups (broad SMARTS) is 2. The monoisotopic (exact) mass is 842 g/mol. The van der Waals surface area contributed by atoms with E-state index in [1.54, 1.807) is 42.5 Å². The Labute approximate surface area is 345 Å². The second-order valence-electron chi connectivity index (χ2n) is 14.3. The third-order valence-electron chi connectivity index (χ3n) is 9.03. The van der Waals surface area contributed by atoms with Crippen LogP contribution in [0.15, 0.2) is 54.6 Å². The van der Waals surface area contributed by atoms with Crippen molar-refractivity contribution in [2.45, 2.75) is 102 Å². The van der Waals surface area contributed by atoms with Gasteiger partial charge in [0.15, 0.2) is 0 Å². The number of carboxylic acids is 2. The molecule has 2 rings (SSSR count). The molecule has 0 saturated carbocycles. The predicted molar refractivity (Wildman–Crippen MR) is 212 cm³/mol. The summed E-state index contributed by atoms with van der Waals surface area (Å²) in [5.74, 6) is -9.87. The third kappa shape index (κ3) is 17.1. The van der Waals surface area contributed by atoms with Gasteiger partial charge in [-0.05, 0) is 55.4 Å². The molecule has 7 atom stereocenters. The highest BCUT2D eigenvalue weighted by molar-refractivity contribution is 5.97. The van der Waals surface area contributed by atoms with Gasteiger partial charge in [0.1, 0.15) is 42.0 Å².